The number of pyridine rings is 1. The highest BCUT2D eigenvalue weighted by Gasteiger charge is 2.29. The highest BCUT2D eigenvalue weighted by molar-refractivity contribution is 7.85. The van der Waals surface area contributed by atoms with Crippen molar-refractivity contribution >= 4 is 62.3 Å². The molecule has 0 radical (unpaired) electrons. The summed E-state index contributed by atoms with van der Waals surface area (Å²) in [5.74, 6) is 1.54. The van der Waals surface area contributed by atoms with Crippen LogP contribution in [0.3, 0.4) is 0 Å². The number of urea groups is 1. The number of rotatable bonds is 16. The molecule has 15 nitrogen and oxygen atoms in total. The van der Waals surface area contributed by atoms with Gasteiger partial charge in [-0.3, -0.25) is 4.79 Å². The zero-order chi connectivity index (χ0) is 41.3. The molecule has 0 aliphatic rings. The second-order valence-corrected chi connectivity index (χ2v) is 15.4. The lowest BCUT2D eigenvalue weighted by molar-refractivity contribution is 0.00698. The molecule has 1 unspecified atom stereocenters. The Morgan fingerprint density at radius 2 is 1.47 bits per heavy atom. The molecule has 0 aliphatic heterocycles. The Morgan fingerprint density at radius 3 is 2.12 bits per heavy atom. The molecule has 16 heteroatoms. The van der Waals surface area contributed by atoms with Gasteiger partial charge >= 0.3 is 6.03 Å². The zero-order valence-corrected chi connectivity index (χ0v) is 33.4. The van der Waals surface area contributed by atoms with Gasteiger partial charge < -0.3 is 55.5 Å². The van der Waals surface area contributed by atoms with Crippen LogP contribution in [0.1, 0.15) is 36.7 Å². The van der Waals surface area contributed by atoms with Crippen LogP contribution >= 0.6 is 0 Å². The molecule has 0 aliphatic carbocycles. The van der Waals surface area contributed by atoms with E-state index in [0.29, 0.717) is 45.8 Å². The Hall–Kier alpha value is -5.94. The van der Waals surface area contributed by atoms with E-state index in [-0.39, 0.29) is 23.3 Å². The Kier molecular flexibility index (Phi) is 13.6. The van der Waals surface area contributed by atoms with E-state index < -0.39 is 48.2 Å². The molecule has 57 heavy (non-hydrogen) atoms. The average Bonchev–Trinajstić information content (AvgIpc) is 3.19. The van der Waals surface area contributed by atoms with Crippen molar-refractivity contribution in [1.29, 1.82) is 0 Å². The van der Waals surface area contributed by atoms with Gasteiger partial charge in [-0.05, 0) is 53.4 Å². The minimum atomic E-state index is -1.38. The maximum absolute atomic E-state index is 13.5. The predicted octanol–water partition coefficient (Wildman–Crippen LogP) is 6.13. The van der Waals surface area contributed by atoms with Crippen molar-refractivity contribution in [3.63, 3.8) is 0 Å². The van der Waals surface area contributed by atoms with Crippen LogP contribution in [0.4, 0.5) is 33.4 Å². The van der Waals surface area contributed by atoms with Gasteiger partial charge in [0, 0.05) is 47.6 Å². The van der Waals surface area contributed by atoms with Crippen molar-refractivity contribution in [2.75, 3.05) is 67.5 Å². The Balaban J connectivity index is 1.32. The molecule has 5 rings (SSSR count). The van der Waals surface area contributed by atoms with E-state index in [2.05, 4.69) is 31.0 Å². The van der Waals surface area contributed by atoms with Gasteiger partial charge in [-0.25, -0.2) is 14.0 Å². The number of ether oxygens (including phenoxy) is 3. The normalized spacial score (nSPS) is 12.0. The molecular weight excluding hydrogens is 753 g/mol. The zero-order valence-electron chi connectivity index (χ0n) is 32.6. The molecule has 0 saturated carbocycles. The van der Waals surface area contributed by atoms with Crippen molar-refractivity contribution in [3.8, 4) is 23.0 Å². The number of carbonyl (C=O) groups excluding carboxylic acids is 2. The van der Waals surface area contributed by atoms with Crippen LogP contribution in [0.5, 0.6) is 23.0 Å². The third kappa shape index (κ3) is 10.3. The summed E-state index contributed by atoms with van der Waals surface area (Å²) in [5, 5.41) is 41.9. The first-order chi connectivity index (χ1) is 27.2. The highest BCUT2D eigenvalue weighted by atomic mass is 32.2. The first-order valence-corrected chi connectivity index (χ1v) is 19.4. The maximum Gasteiger partial charge on any atom is 0.323 e. The summed E-state index contributed by atoms with van der Waals surface area (Å²) < 4.78 is 32.4. The van der Waals surface area contributed by atoms with Gasteiger partial charge in [-0.1, -0.05) is 45.0 Å². The van der Waals surface area contributed by atoms with Crippen molar-refractivity contribution in [3.05, 3.63) is 96.2 Å². The number of anilines is 5. The lowest BCUT2D eigenvalue weighted by atomic mass is 9.86. The Morgan fingerprint density at radius 1 is 0.789 bits per heavy atom. The standard InChI is InChI=1S/C41H48N6O9S/c1-40(2,3)25-17-32(37(55-5)33(18-25)47-57(6)53)46-39(52)45-31-13-14-34(29-10-8-7-9-28(29)31)56-27-15-16-42-36(20-27)44-26-11-12-30(35(19-26)54-4)38(51)43-21-41(22-48,23-49)24-50/h7-20,47-50H,21-24H2,1-6H3,(H,42,44)(H,43,51)(H2,45,46,52). The summed E-state index contributed by atoms with van der Waals surface area (Å²) in [6, 6.07) is 22.4. The number of nitrogens with one attached hydrogen (secondary N) is 5. The lowest BCUT2D eigenvalue weighted by Crippen LogP contribution is -2.45. The number of aliphatic hydroxyl groups is 3. The largest absolute Gasteiger partial charge is 0.496 e. The van der Waals surface area contributed by atoms with Crippen LogP contribution < -0.4 is 40.2 Å². The smallest absolute Gasteiger partial charge is 0.323 e. The fraction of sp³-hybridized carbons (Fsp3) is 0.293. The molecule has 302 valence electrons. The van der Waals surface area contributed by atoms with Crippen LogP contribution in [0.2, 0.25) is 0 Å². The van der Waals surface area contributed by atoms with E-state index in [1.807, 2.05) is 57.2 Å². The van der Waals surface area contributed by atoms with Gasteiger partial charge in [0.1, 0.15) is 34.1 Å². The number of amides is 3. The van der Waals surface area contributed by atoms with Gasteiger partial charge in [0.05, 0.1) is 62.1 Å². The quantitative estimate of drug-likeness (QED) is 0.0569. The number of fused-ring (bicyclic) bond motifs is 1. The van der Waals surface area contributed by atoms with Gasteiger partial charge in [-0.15, -0.1) is 0 Å². The second-order valence-electron chi connectivity index (χ2n) is 14.3. The van der Waals surface area contributed by atoms with Crippen molar-refractivity contribution < 1.29 is 43.3 Å². The fourth-order valence-electron chi connectivity index (χ4n) is 5.81. The van der Waals surface area contributed by atoms with E-state index in [0.717, 1.165) is 16.3 Å². The third-order valence-electron chi connectivity index (χ3n) is 9.10. The van der Waals surface area contributed by atoms with Crippen LogP contribution in [0.15, 0.2) is 85.1 Å². The molecule has 4 aromatic carbocycles. The van der Waals surface area contributed by atoms with Gasteiger partial charge in [-0.2, -0.15) is 0 Å². The van der Waals surface area contributed by atoms with E-state index in [9.17, 15) is 29.1 Å². The van der Waals surface area contributed by atoms with Crippen LogP contribution in [0.25, 0.3) is 10.8 Å². The van der Waals surface area contributed by atoms with Crippen molar-refractivity contribution in [2.24, 2.45) is 5.41 Å². The van der Waals surface area contributed by atoms with E-state index in [1.54, 1.807) is 48.7 Å². The van der Waals surface area contributed by atoms with Crippen LogP contribution in [-0.4, -0.2) is 83.3 Å². The lowest BCUT2D eigenvalue weighted by Gasteiger charge is -2.27. The monoisotopic (exact) mass is 800 g/mol. The molecule has 0 saturated heterocycles. The summed E-state index contributed by atoms with van der Waals surface area (Å²) in [6.45, 7) is 4.44. The Labute approximate surface area is 333 Å². The molecule has 0 bridgehead atoms. The molecule has 5 aromatic rings. The number of aromatic nitrogens is 1. The number of hydrogen-bond acceptors (Lipinski definition) is 11. The number of nitrogens with zero attached hydrogens (tertiary/aromatic N) is 1. The molecule has 1 heterocycles. The SMILES string of the molecule is COc1cc(Nc2cc(Oc3ccc(NC(=O)Nc4cc(C(C)(C)C)cc(NS(C)=O)c4OC)c4ccccc34)ccn2)ccc1C(=O)NCC(CO)(CO)CO. The maximum atomic E-state index is 13.5. The van der Waals surface area contributed by atoms with Gasteiger partial charge in [0.25, 0.3) is 5.91 Å². The number of aliphatic hydroxyl groups excluding tert-OH is 3. The summed E-state index contributed by atoms with van der Waals surface area (Å²) in [7, 11) is 1.53. The Bertz CT molecular complexity index is 2250. The first kappa shape index (κ1) is 42.2. The van der Waals surface area contributed by atoms with Crippen molar-refractivity contribution in [1.82, 2.24) is 10.3 Å². The fourth-order valence-corrected chi connectivity index (χ4v) is 6.27. The number of carbonyl (C=O) groups is 2. The summed E-state index contributed by atoms with van der Waals surface area (Å²) in [4.78, 5) is 30.8. The molecule has 1 aromatic heterocycles. The van der Waals surface area contributed by atoms with Gasteiger partial charge in [0.15, 0.2) is 5.75 Å². The minimum absolute atomic E-state index is 0.148. The minimum Gasteiger partial charge on any atom is -0.496 e. The highest BCUT2D eigenvalue weighted by Crippen LogP contribution is 2.40. The van der Waals surface area contributed by atoms with E-state index >= 15 is 0 Å². The van der Waals surface area contributed by atoms with Crippen LogP contribution in [0, 0.1) is 5.41 Å². The second kappa shape index (κ2) is 18.3. The van der Waals surface area contributed by atoms with Crippen LogP contribution in [-0.2, 0) is 16.4 Å². The molecule has 1 atom stereocenters. The summed E-state index contributed by atoms with van der Waals surface area (Å²) in [6.07, 6.45) is 3.10. The molecule has 8 N–H and O–H groups in total. The van der Waals surface area contributed by atoms with Gasteiger partial charge in [0.2, 0.25) is 0 Å². The molecule has 0 spiro atoms. The van der Waals surface area contributed by atoms with E-state index in [1.165, 1.54) is 20.5 Å². The average molecular weight is 801 g/mol. The third-order valence-corrected chi connectivity index (χ3v) is 9.61. The molecule has 3 amide bonds. The van der Waals surface area contributed by atoms with Crippen molar-refractivity contribution in [2.45, 2.75) is 26.2 Å². The first-order valence-electron chi connectivity index (χ1n) is 17.8. The molecular formula is C41H48N6O9S. The molecule has 0 fully saturated rings. The summed E-state index contributed by atoms with van der Waals surface area (Å²) >= 11 is 0. The summed E-state index contributed by atoms with van der Waals surface area (Å²) in [5.41, 5.74) is 1.58. The number of hydrogen-bond donors (Lipinski definition) is 8. The number of methoxy groups -OCH3 is 2. The topological polar surface area (TPSA) is 213 Å². The number of benzene rings is 4. The van der Waals surface area contributed by atoms with E-state index in [4.69, 9.17) is 14.2 Å². The predicted molar refractivity (Wildman–Crippen MR) is 223 cm³/mol.